The number of carbonyl (C=O) groups excluding carboxylic acids is 1. The first-order valence-corrected chi connectivity index (χ1v) is 11.6. The van der Waals surface area contributed by atoms with Crippen LogP contribution in [-0.4, -0.2) is 36.6 Å². The molecule has 6 nitrogen and oxygen atoms in total. The first-order chi connectivity index (χ1) is 16.8. The van der Waals surface area contributed by atoms with E-state index in [0.717, 1.165) is 53.9 Å². The van der Waals surface area contributed by atoms with Crippen LogP contribution in [0.2, 0.25) is 0 Å². The molecule has 0 radical (unpaired) electrons. The Labute approximate surface area is 199 Å². The Hall–Kier alpha value is -3.75. The number of piperidine rings is 1. The second-order valence-electron chi connectivity index (χ2n) is 9.32. The molecular weight excluding hydrogens is 455 g/mol. The van der Waals surface area contributed by atoms with Crippen molar-refractivity contribution in [3.05, 3.63) is 76.5 Å². The van der Waals surface area contributed by atoms with Crippen LogP contribution in [0.1, 0.15) is 52.6 Å². The maximum Gasteiger partial charge on any atom is 0.254 e. The topological polar surface area (TPSA) is 63.9 Å². The molecule has 1 amide bonds. The molecule has 0 spiro atoms. The fraction of sp³-hybridized carbons (Fsp3) is 0.308. The quantitative estimate of drug-likeness (QED) is 0.379. The Morgan fingerprint density at radius 3 is 2.60 bits per heavy atom. The lowest BCUT2D eigenvalue weighted by Crippen LogP contribution is -2.49. The van der Waals surface area contributed by atoms with E-state index in [1.54, 1.807) is 30.1 Å². The Balaban J connectivity index is 1.41. The summed E-state index contributed by atoms with van der Waals surface area (Å²) in [5.41, 5.74) is 5.11. The average molecular weight is 477 g/mol. The van der Waals surface area contributed by atoms with Crippen molar-refractivity contribution < 1.29 is 18.0 Å². The maximum absolute atomic E-state index is 14.0. The van der Waals surface area contributed by atoms with Crippen molar-refractivity contribution in [2.75, 3.05) is 0 Å². The Bertz CT molecular complexity index is 1490. The molecule has 9 heteroatoms. The van der Waals surface area contributed by atoms with E-state index in [-0.39, 0.29) is 23.6 Å². The molecule has 2 aromatic heterocycles. The molecule has 2 atom stereocenters. The van der Waals surface area contributed by atoms with Crippen molar-refractivity contribution in [1.82, 2.24) is 24.6 Å². The molecule has 1 saturated heterocycles. The van der Waals surface area contributed by atoms with Crippen LogP contribution in [0.4, 0.5) is 13.2 Å². The van der Waals surface area contributed by atoms with Crippen molar-refractivity contribution in [3.8, 4) is 11.3 Å². The molecule has 2 aromatic carbocycles. The van der Waals surface area contributed by atoms with E-state index in [0.29, 0.717) is 23.2 Å². The number of halogens is 3. The summed E-state index contributed by atoms with van der Waals surface area (Å²) in [4.78, 5) is 24.5. The molecule has 1 fully saturated rings. The van der Waals surface area contributed by atoms with Crippen LogP contribution in [0.15, 0.2) is 36.5 Å². The van der Waals surface area contributed by atoms with Crippen molar-refractivity contribution in [3.63, 3.8) is 0 Å². The van der Waals surface area contributed by atoms with E-state index < -0.39 is 17.5 Å². The van der Waals surface area contributed by atoms with Gasteiger partial charge >= 0.3 is 0 Å². The highest BCUT2D eigenvalue weighted by atomic mass is 19.2. The normalized spacial score (nSPS) is 19.2. The van der Waals surface area contributed by atoms with Crippen LogP contribution < -0.4 is 0 Å². The van der Waals surface area contributed by atoms with Gasteiger partial charge in [0.15, 0.2) is 17.5 Å². The highest BCUT2D eigenvalue weighted by Gasteiger charge is 2.43. The largest absolute Gasteiger partial charge is 0.327 e. The van der Waals surface area contributed by atoms with Crippen LogP contribution >= 0.6 is 0 Å². The minimum atomic E-state index is -1.49. The lowest BCUT2D eigenvalue weighted by atomic mass is 9.81. The van der Waals surface area contributed by atoms with E-state index >= 15 is 0 Å². The third-order valence-corrected chi connectivity index (χ3v) is 7.08. The predicted molar refractivity (Wildman–Crippen MR) is 123 cm³/mol. The molecule has 2 aliphatic rings. The van der Waals surface area contributed by atoms with Gasteiger partial charge in [-0.25, -0.2) is 18.2 Å². The van der Waals surface area contributed by atoms with Gasteiger partial charge in [-0.3, -0.25) is 14.5 Å². The molecule has 178 valence electrons. The fourth-order valence-electron chi connectivity index (χ4n) is 5.59. The van der Waals surface area contributed by atoms with Gasteiger partial charge in [-0.15, -0.1) is 0 Å². The molecule has 6 rings (SSSR count). The van der Waals surface area contributed by atoms with Crippen molar-refractivity contribution in [2.45, 2.75) is 44.7 Å². The predicted octanol–water partition coefficient (Wildman–Crippen LogP) is 5.05. The summed E-state index contributed by atoms with van der Waals surface area (Å²) in [5.74, 6) is -4.07. The number of amides is 1. The molecule has 4 aromatic rings. The van der Waals surface area contributed by atoms with Crippen LogP contribution in [-0.2, 0) is 13.5 Å². The highest BCUT2D eigenvalue weighted by molar-refractivity contribution is 5.98. The first kappa shape index (κ1) is 21.8. The molecule has 2 aliphatic heterocycles. The van der Waals surface area contributed by atoms with Gasteiger partial charge in [0.2, 0.25) is 0 Å². The summed E-state index contributed by atoms with van der Waals surface area (Å²) in [6.07, 6.45) is 4.69. The number of carbonyl (C=O) groups is 1. The van der Waals surface area contributed by atoms with Crippen molar-refractivity contribution in [1.29, 1.82) is 0 Å². The molecule has 4 heterocycles. The van der Waals surface area contributed by atoms with E-state index in [9.17, 15) is 18.0 Å². The van der Waals surface area contributed by atoms with Gasteiger partial charge in [-0.2, -0.15) is 5.10 Å². The number of aryl methyl sites for hydroxylation is 2. The Kier molecular flexibility index (Phi) is 4.91. The zero-order valence-electron chi connectivity index (χ0n) is 19.2. The van der Waals surface area contributed by atoms with E-state index in [2.05, 4.69) is 15.1 Å². The minimum absolute atomic E-state index is 0.0772. The maximum atomic E-state index is 14.0. The Morgan fingerprint density at radius 1 is 1.06 bits per heavy atom. The van der Waals surface area contributed by atoms with Crippen LogP contribution in [0.3, 0.4) is 0 Å². The molecule has 0 aliphatic carbocycles. The second kappa shape index (κ2) is 7.90. The molecule has 2 bridgehead atoms. The third-order valence-electron chi connectivity index (χ3n) is 7.08. The summed E-state index contributed by atoms with van der Waals surface area (Å²) in [5, 5.41) is 4.68. The smallest absolute Gasteiger partial charge is 0.254 e. The van der Waals surface area contributed by atoms with E-state index in [1.165, 1.54) is 0 Å². The number of benzene rings is 2. The van der Waals surface area contributed by atoms with Crippen LogP contribution in [0, 0.1) is 24.4 Å². The number of aromatic nitrogens is 4. The van der Waals surface area contributed by atoms with Gasteiger partial charge in [0.1, 0.15) is 0 Å². The van der Waals surface area contributed by atoms with E-state index in [4.69, 9.17) is 0 Å². The van der Waals surface area contributed by atoms with Gasteiger partial charge in [0, 0.05) is 36.0 Å². The lowest BCUT2D eigenvalue weighted by molar-refractivity contribution is 0.0392. The zero-order chi connectivity index (χ0) is 24.4. The number of hydrogen-bond acceptors (Lipinski definition) is 4. The van der Waals surface area contributed by atoms with Gasteiger partial charge in [0.05, 0.1) is 34.2 Å². The SMILES string of the molecule is Cc1cnc2cc(C(=O)N3[C@@H]4CCC[C@H]3c3nn(C)c(-c5cc(F)c(F)c(F)c5)c3C4)ccc2n1. The summed E-state index contributed by atoms with van der Waals surface area (Å²) in [7, 11) is 1.70. The molecule has 0 unspecified atom stereocenters. The fourth-order valence-corrected chi connectivity index (χ4v) is 5.59. The number of nitrogens with zero attached hydrogens (tertiary/aromatic N) is 5. The minimum Gasteiger partial charge on any atom is -0.327 e. The standard InChI is InChI=1S/C26H22F3N5O/c1-13-12-30-21-10-14(6-7-20(21)31-13)26(35)34-16-4-3-5-22(34)24-17(11-16)25(33(2)32-24)15-8-18(27)23(29)19(28)9-15/h6-10,12,16,22H,3-5,11H2,1-2H3/t16-,22+/m1/s1. The van der Waals surface area contributed by atoms with Gasteiger partial charge in [0.25, 0.3) is 5.91 Å². The summed E-state index contributed by atoms with van der Waals surface area (Å²) < 4.78 is 43.2. The summed E-state index contributed by atoms with van der Waals surface area (Å²) in [6, 6.07) is 7.03. The molecule has 0 N–H and O–H groups in total. The summed E-state index contributed by atoms with van der Waals surface area (Å²) in [6.45, 7) is 1.87. The number of rotatable bonds is 2. The van der Waals surface area contributed by atoms with Gasteiger partial charge < -0.3 is 4.90 Å². The first-order valence-electron chi connectivity index (χ1n) is 11.6. The van der Waals surface area contributed by atoms with Crippen LogP contribution in [0.25, 0.3) is 22.3 Å². The lowest BCUT2D eigenvalue weighted by Gasteiger charge is -2.45. The number of fused-ring (bicyclic) bond motifs is 5. The molecule has 35 heavy (non-hydrogen) atoms. The number of hydrogen-bond donors (Lipinski definition) is 0. The van der Waals surface area contributed by atoms with Gasteiger partial charge in [-0.1, -0.05) is 0 Å². The van der Waals surface area contributed by atoms with Crippen molar-refractivity contribution >= 4 is 16.9 Å². The summed E-state index contributed by atoms with van der Waals surface area (Å²) >= 11 is 0. The van der Waals surface area contributed by atoms with E-state index in [1.807, 2.05) is 17.9 Å². The zero-order valence-corrected chi connectivity index (χ0v) is 19.2. The average Bonchev–Trinajstić information content (AvgIpc) is 3.16. The third kappa shape index (κ3) is 3.40. The second-order valence-corrected chi connectivity index (χ2v) is 9.32. The van der Waals surface area contributed by atoms with Crippen LogP contribution in [0.5, 0.6) is 0 Å². The molecular formula is C26H22F3N5O. The molecule has 0 saturated carbocycles. The van der Waals surface area contributed by atoms with Gasteiger partial charge in [-0.05, 0) is 62.9 Å². The Morgan fingerprint density at radius 2 is 1.83 bits per heavy atom. The highest BCUT2D eigenvalue weighted by Crippen LogP contribution is 2.45. The van der Waals surface area contributed by atoms with Crippen molar-refractivity contribution in [2.24, 2.45) is 7.05 Å². The monoisotopic (exact) mass is 477 g/mol.